The second kappa shape index (κ2) is 9.27. The molecule has 0 aliphatic carbocycles. The van der Waals surface area contributed by atoms with Crippen LogP contribution in [0, 0.1) is 19.7 Å². The van der Waals surface area contributed by atoms with Gasteiger partial charge in [-0.2, -0.15) is 0 Å². The molecule has 0 spiro atoms. The summed E-state index contributed by atoms with van der Waals surface area (Å²) < 4.78 is 13.7. The standard InChI is InChI=1S/C23H26FN5O4/c1-11-18(10-15-14-9-13(24)5-6-16(14)27-22(15)32)26-12(2)20(11)23(33)28-17(21(25)31)7-8-19(30)29(3)4/h5-6,9-10,17,26H,7-8H2,1-4H3,(H2,25,31)(H,27,32)(H,28,33). The fourth-order valence-corrected chi connectivity index (χ4v) is 3.71. The van der Waals surface area contributed by atoms with E-state index in [1.54, 1.807) is 34.0 Å². The fraction of sp³-hybridized carbons (Fsp3) is 0.304. The summed E-state index contributed by atoms with van der Waals surface area (Å²) in [5.74, 6) is -2.32. The summed E-state index contributed by atoms with van der Waals surface area (Å²) >= 11 is 0. The van der Waals surface area contributed by atoms with Crippen LogP contribution in [-0.2, 0) is 14.4 Å². The van der Waals surface area contributed by atoms with E-state index < -0.39 is 23.7 Å². The van der Waals surface area contributed by atoms with Gasteiger partial charge in [0.2, 0.25) is 11.8 Å². The van der Waals surface area contributed by atoms with Crippen molar-refractivity contribution in [2.24, 2.45) is 5.73 Å². The second-order valence-electron chi connectivity index (χ2n) is 8.12. The molecular weight excluding hydrogens is 429 g/mol. The van der Waals surface area contributed by atoms with Gasteiger partial charge in [0.25, 0.3) is 11.8 Å². The maximum atomic E-state index is 13.7. The molecule has 3 rings (SSSR count). The number of aromatic amines is 1. The first-order chi connectivity index (χ1) is 15.5. The van der Waals surface area contributed by atoms with Crippen molar-refractivity contribution in [2.45, 2.75) is 32.7 Å². The van der Waals surface area contributed by atoms with Crippen LogP contribution in [0.5, 0.6) is 0 Å². The Morgan fingerprint density at radius 3 is 2.58 bits per heavy atom. The van der Waals surface area contributed by atoms with Gasteiger partial charge in [-0.1, -0.05) is 0 Å². The molecule has 10 heteroatoms. The molecule has 0 saturated carbocycles. The number of carbonyl (C=O) groups excluding carboxylic acids is 4. The number of carbonyl (C=O) groups is 4. The lowest BCUT2D eigenvalue weighted by molar-refractivity contribution is -0.129. The Morgan fingerprint density at radius 2 is 1.94 bits per heavy atom. The average Bonchev–Trinajstić information content (AvgIpc) is 3.19. The molecule has 1 atom stereocenters. The predicted octanol–water partition coefficient (Wildman–Crippen LogP) is 1.72. The van der Waals surface area contributed by atoms with E-state index in [9.17, 15) is 23.6 Å². The summed E-state index contributed by atoms with van der Waals surface area (Å²) in [6.45, 7) is 3.38. The molecular formula is C23H26FN5O4. The highest BCUT2D eigenvalue weighted by Gasteiger charge is 2.27. The molecule has 1 aromatic carbocycles. The van der Waals surface area contributed by atoms with Crippen LogP contribution in [0.2, 0.25) is 0 Å². The number of nitrogens with two attached hydrogens (primary N) is 1. The monoisotopic (exact) mass is 455 g/mol. The third-order valence-corrected chi connectivity index (χ3v) is 5.55. The third kappa shape index (κ3) is 4.94. The SMILES string of the molecule is Cc1[nH]c(C=C2C(=O)Nc3ccc(F)cc32)c(C)c1C(=O)NC(CCC(=O)N(C)C)C(N)=O. The van der Waals surface area contributed by atoms with Gasteiger partial charge in [0.15, 0.2) is 0 Å². The summed E-state index contributed by atoms with van der Waals surface area (Å²) in [4.78, 5) is 53.5. The van der Waals surface area contributed by atoms with Gasteiger partial charge in [-0.3, -0.25) is 19.2 Å². The maximum absolute atomic E-state index is 13.7. The van der Waals surface area contributed by atoms with Crippen LogP contribution < -0.4 is 16.4 Å². The normalized spacial score (nSPS) is 14.6. The number of benzene rings is 1. The van der Waals surface area contributed by atoms with Crippen molar-refractivity contribution < 1.29 is 23.6 Å². The van der Waals surface area contributed by atoms with Crippen molar-refractivity contribution in [3.63, 3.8) is 0 Å². The summed E-state index contributed by atoms with van der Waals surface area (Å²) in [5.41, 5.74) is 8.46. The number of primary amides is 1. The number of hydrogen-bond acceptors (Lipinski definition) is 4. The van der Waals surface area contributed by atoms with Crippen LogP contribution in [0.4, 0.5) is 10.1 Å². The molecule has 0 fully saturated rings. The lowest BCUT2D eigenvalue weighted by atomic mass is 10.0. The van der Waals surface area contributed by atoms with Gasteiger partial charge in [0.1, 0.15) is 11.9 Å². The van der Waals surface area contributed by atoms with Gasteiger partial charge in [0, 0.05) is 43.2 Å². The molecule has 2 heterocycles. The molecule has 9 nitrogen and oxygen atoms in total. The number of rotatable bonds is 7. The minimum Gasteiger partial charge on any atom is -0.368 e. The molecule has 1 aromatic heterocycles. The smallest absolute Gasteiger partial charge is 0.256 e. The summed E-state index contributed by atoms with van der Waals surface area (Å²) in [6, 6.07) is 2.99. The minimum absolute atomic E-state index is 0.0500. The first-order valence-electron chi connectivity index (χ1n) is 10.3. The van der Waals surface area contributed by atoms with E-state index in [1.807, 2.05) is 0 Å². The second-order valence-corrected chi connectivity index (χ2v) is 8.12. The number of aryl methyl sites for hydroxylation is 1. The number of nitrogens with one attached hydrogen (secondary N) is 3. The van der Waals surface area contributed by atoms with Crippen molar-refractivity contribution in [3.8, 4) is 0 Å². The zero-order valence-corrected chi connectivity index (χ0v) is 18.8. The maximum Gasteiger partial charge on any atom is 0.256 e. The number of halogens is 1. The van der Waals surface area contributed by atoms with Gasteiger partial charge in [-0.25, -0.2) is 4.39 Å². The van der Waals surface area contributed by atoms with Crippen LogP contribution in [0.15, 0.2) is 18.2 Å². The van der Waals surface area contributed by atoms with Gasteiger partial charge >= 0.3 is 0 Å². The largest absolute Gasteiger partial charge is 0.368 e. The molecule has 33 heavy (non-hydrogen) atoms. The molecule has 4 amide bonds. The first-order valence-corrected chi connectivity index (χ1v) is 10.3. The van der Waals surface area contributed by atoms with Crippen molar-refractivity contribution in [1.29, 1.82) is 0 Å². The zero-order chi connectivity index (χ0) is 24.4. The number of anilines is 1. The molecule has 0 saturated heterocycles. The van der Waals surface area contributed by atoms with E-state index >= 15 is 0 Å². The van der Waals surface area contributed by atoms with Gasteiger partial charge < -0.3 is 26.3 Å². The minimum atomic E-state index is -1.02. The quantitative estimate of drug-likeness (QED) is 0.472. The number of amides is 4. The van der Waals surface area contributed by atoms with Crippen molar-refractivity contribution >= 4 is 41.0 Å². The Kier molecular flexibility index (Phi) is 6.66. The molecule has 1 unspecified atom stereocenters. The molecule has 1 aliphatic rings. The fourth-order valence-electron chi connectivity index (χ4n) is 3.71. The molecule has 174 valence electrons. The number of hydrogen-bond donors (Lipinski definition) is 4. The highest BCUT2D eigenvalue weighted by molar-refractivity contribution is 6.34. The highest BCUT2D eigenvalue weighted by atomic mass is 19.1. The van der Waals surface area contributed by atoms with Gasteiger partial charge in [-0.05, 0) is 50.1 Å². The summed E-state index contributed by atoms with van der Waals surface area (Å²) in [7, 11) is 3.19. The van der Waals surface area contributed by atoms with E-state index in [1.165, 1.54) is 23.1 Å². The lowest BCUT2D eigenvalue weighted by Crippen LogP contribution is -2.45. The molecule has 0 bridgehead atoms. The predicted molar refractivity (Wildman–Crippen MR) is 122 cm³/mol. The number of aromatic nitrogens is 1. The van der Waals surface area contributed by atoms with E-state index in [-0.39, 0.29) is 30.2 Å². The first kappa shape index (κ1) is 23.7. The third-order valence-electron chi connectivity index (χ3n) is 5.55. The van der Waals surface area contributed by atoms with Crippen LogP contribution >= 0.6 is 0 Å². The lowest BCUT2D eigenvalue weighted by Gasteiger charge is -2.17. The van der Waals surface area contributed by atoms with E-state index in [0.29, 0.717) is 33.8 Å². The topological polar surface area (TPSA) is 137 Å². The molecule has 0 radical (unpaired) electrons. The Labute approximate surface area is 190 Å². The summed E-state index contributed by atoms with van der Waals surface area (Å²) in [5, 5.41) is 5.27. The van der Waals surface area contributed by atoms with Crippen LogP contribution in [0.1, 0.15) is 45.7 Å². The van der Waals surface area contributed by atoms with Gasteiger partial charge in [-0.15, -0.1) is 0 Å². The van der Waals surface area contributed by atoms with Gasteiger partial charge in [0.05, 0.1) is 11.1 Å². The van der Waals surface area contributed by atoms with Crippen LogP contribution in [-0.4, -0.2) is 53.6 Å². The molecule has 1 aliphatic heterocycles. The zero-order valence-electron chi connectivity index (χ0n) is 18.8. The van der Waals surface area contributed by atoms with Crippen molar-refractivity contribution in [2.75, 3.05) is 19.4 Å². The van der Waals surface area contributed by atoms with Crippen LogP contribution in [0.25, 0.3) is 11.6 Å². The number of H-pyrrole nitrogens is 1. The Bertz CT molecular complexity index is 1180. The van der Waals surface area contributed by atoms with Crippen molar-refractivity contribution in [3.05, 3.63) is 52.1 Å². The summed E-state index contributed by atoms with van der Waals surface area (Å²) in [6.07, 6.45) is 1.68. The Hall–Kier alpha value is -3.95. The van der Waals surface area contributed by atoms with Crippen LogP contribution in [0.3, 0.4) is 0 Å². The Morgan fingerprint density at radius 1 is 1.24 bits per heavy atom. The molecule has 2 aromatic rings. The number of fused-ring (bicyclic) bond motifs is 1. The highest BCUT2D eigenvalue weighted by Crippen LogP contribution is 2.34. The molecule has 5 N–H and O–H groups in total. The van der Waals surface area contributed by atoms with Crippen molar-refractivity contribution in [1.82, 2.24) is 15.2 Å². The van der Waals surface area contributed by atoms with E-state index in [4.69, 9.17) is 5.73 Å². The Balaban J connectivity index is 1.86. The van der Waals surface area contributed by atoms with E-state index in [2.05, 4.69) is 15.6 Å². The average molecular weight is 455 g/mol. The van der Waals surface area contributed by atoms with E-state index in [0.717, 1.165) is 0 Å². The number of nitrogens with zero attached hydrogens (tertiary/aromatic N) is 1.